The normalized spacial score (nSPS) is 11.6. The van der Waals surface area contributed by atoms with Crippen LogP contribution in [0.2, 0.25) is 0 Å². The van der Waals surface area contributed by atoms with Gasteiger partial charge in [0.25, 0.3) is 5.91 Å². The van der Waals surface area contributed by atoms with Gasteiger partial charge in [-0.3, -0.25) is 9.78 Å². The fourth-order valence-electron chi connectivity index (χ4n) is 1.78. The smallest absolute Gasteiger partial charge is 0.266 e. The third kappa shape index (κ3) is 4.66. The van der Waals surface area contributed by atoms with Crippen LogP contribution in [0.1, 0.15) is 35.5 Å². The van der Waals surface area contributed by atoms with Crippen molar-refractivity contribution in [3.05, 3.63) is 71.6 Å². The number of rotatable bonds is 5. The van der Waals surface area contributed by atoms with Gasteiger partial charge in [0.1, 0.15) is 5.69 Å². The Labute approximate surface area is 130 Å². The molecule has 4 nitrogen and oxygen atoms in total. The molecular weight excluding hydrogens is 274 g/mol. The third-order valence-electron chi connectivity index (χ3n) is 3.12. The zero-order valence-corrected chi connectivity index (χ0v) is 12.8. The summed E-state index contributed by atoms with van der Waals surface area (Å²) in [5.41, 5.74) is 5.76. The van der Waals surface area contributed by atoms with Crippen molar-refractivity contribution in [1.29, 1.82) is 0 Å². The Balaban J connectivity index is 1.94. The maximum absolute atomic E-state index is 11.9. The van der Waals surface area contributed by atoms with Gasteiger partial charge in [-0.25, -0.2) is 5.43 Å². The van der Waals surface area contributed by atoms with Gasteiger partial charge >= 0.3 is 0 Å². The van der Waals surface area contributed by atoms with Crippen LogP contribution in [0.3, 0.4) is 0 Å². The average molecular weight is 293 g/mol. The first-order valence-corrected chi connectivity index (χ1v) is 7.21. The highest BCUT2D eigenvalue weighted by atomic mass is 16.2. The van der Waals surface area contributed by atoms with Crippen molar-refractivity contribution in [3.63, 3.8) is 0 Å². The predicted octanol–water partition coefficient (Wildman–Crippen LogP) is 3.46. The molecule has 2 aromatic rings. The number of carbonyl (C=O) groups excluding carboxylic acids is 1. The summed E-state index contributed by atoms with van der Waals surface area (Å²) >= 11 is 0. The van der Waals surface area contributed by atoms with Gasteiger partial charge < -0.3 is 0 Å². The highest BCUT2D eigenvalue weighted by Crippen LogP contribution is 2.02. The molecule has 0 aliphatic rings. The number of hydrogen-bond acceptors (Lipinski definition) is 3. The second kappa shape index (κ2) is 7.88. The highest BCUT2D eigenvalue weighted by Gasteiger charge is 2.05. The van der Waals surface area contributed by atoms with Gasteiger partial charge in [-0.05, 0) is 36.6 Å². The summed E-state index contributed by atoms with van der Waals surface area (Å²) in [6.45, 7) is 3.87. The number of aryl methyl sites for hydroxylation is 1. The molecule has 0 fully saturated rings. The van der Waals surface area contributed by atoms with Crippen molar-refractivity contribution in [2.75, 3.05) is 0 Å². The number of pyridine rings is 1. The second-order valence-corrected chi connectivity index (χ2v) is 4.84. The molecule has 22 heavy (non-hydrogen) atoms. The first kappa shape index (κ1) is 15.6. The Morgan fingerprint density at radius 1 is 1.23 bits per heavy atom. The number of nitrogens with zero attached hydrogens (tertiary/aromatic N) is 2. The molecule has 2 rings (SSSR count). The van der Waals surface area contributed by atoms with Crippen LogP contribution in [-0.4, -0.2) is 16.6 Å². The van der Waals surface area contributed by atoms with Gasteiger partial charge in [-0.1, -0.05) is 49.4 Å². The summed E-state index contributed by atoms with van der Waals surface area (Å²) in [5, 5.41) is 4.05. The first-order valence-electron chi connectivity index (χ1n) is 7.21. The Morgan fingerprint density at radius 2 is 2.00 bits per heavy atom. The van der Waals surface area contributed by atoms with Crippen LogP contribution in [0.4, 0.5) is 0 Å². The number of hydrazone groups is 1. The zero-order valence-electron chi connectivity index (χ0n) is 12.8. The minimum absolute atomic E-state index is 0.310. The van der Waals surface area contributed by atoms with Crippen molar-refractivity contribution in [3.8, 4) is 0 Å². The van der Waals surface area contributed by atoms with Gasteiger partial charge in [0.2, 0.25) is 0 Å². The minimum Gasteiger partial charge on any atom is -0.266 e. The van der Waals surface area contributed by atoms with Gasteiger partial charge in [-0.15, -0.1) is 0 Å². The molecule has 0 radical (unpaired) electrons. The number of nitrogens with one attached hydrogen (secondary N) is 1. The van der Waals surface area contributed by atoms with Crippen LogP contribution in [0.15, 0.2) is 59.8 Å². The van der Waals surface area contributed by atoms with Crippen molar-refractivity contribution in [2.45, 2.75) is 20.3 Å². The zero-order chi connectivity index (χ0) is 15.8. The number of carbonyl (C=O) groups is 1. The largest absolute Gasteiger partial charge is 0.289 e. The van der Waals surface area contributed by atoms with Crippen molar-refractivity contribution < 1.29 is 4.79 Å². The van der Waals surface area contributed by atoms with Crippen molar-refractivity contribution >= 4 is 17.7 Å². The van der Waals surface area contributed by atoms with E-state index in [4.69, 9.17) is 0 Å². The quantitative estimate of drug-likeness (QED) is 0.678. The van der Waals surface area contributed by atoms with E-state index < -0.39 is 0 Å². The molecule has 0 spiro atoms. The molecule has 0 bridgehead atoms. The Bertz CT molecular complexity index is 673. The lowest BCUT2D eigenvalue weighted by molar-refractivity contribution is 0.0950. The molecule has 1 amide bonds. The molecule has 0 aliphatic carbocycles. The van der Waals surface area contributed by atoms with Crippen LogP contribution < -0.4 is 5.43 Å². The SMILES string of the molecule is CCc1ccc(C(=O)N/N=C(C)/C=C\c2ccccc2)nc1. The van der Waals surface area contributed by atoms with Gasteiger partial charge in [0.05, 0.1) is 5.71 Å². The van der Waals surface area contributed by atoms with Gasteiger partial charge in [0.15, 0.2) is 0 Å². The number of amides is 1. The van der Waals surface area contributed by atoms with Crippen LogP contribution in [-0.2, 0) is 6.42 Å². The van der Waals surface area contributed by atoms with Gasteiger partial charge in [-0.2, -0.15) is 5.10 Å². The number of benzene rings is 1. The number of aromatic nitrogens is 1. The summed E-state index contributed by atoms with van der Waals surface area (Å²) < 4.78 is 0. The molecule has 1 heterocycles. The summed E-state index contributed by atoms with van der Waals surface area (Å²) in [7, 11) is 0. The average Bonchev–Trinajstić information content (AvgIpc) is 2.58. The lowest BCUT2D eigenvalue weighted by atomic mass is 10.2. The molecule has 1 aromatic carbocycles. The summed E-state index contributed by atoms with van der Waals surface area (Å²) in [6, 6.07) is 13.5. The number of hydrogen-bond donors (Lipinski definition) is 1. The monoisotopic (exact) mass is 293 g/mol. The maximum Gasteiger partial charge on any atom is 0.289 e. The van der Waals surface area contributed by atoms with E-state index in [-0.39, 0.29) is 5.91 Å². The standard InChI is InChI=1S/C18H19N3O/c1-3-15-11-12-17(19-13-15)18(22)21-20-14(2)9-10-16-7-5-4-6-8-16/h4-13H,3H2,1-2H3,(H,21,22)/b10-9-,20-14+. The molecule has 1 N–H and O–H groups in total. The predicted molar refractivity (Wildman–Crippen MR) is 89.7 cm³/mol. The minimum atomic E-state index is -0.310. The molecule has 0 unspecified atom stereocenters. The van der Waals surface area contributed by atoms with Gasteiger partial charge in [0, 0.05) is 6.20 Å². The van der Waals surface area contributed by atoms with E-state index in [1.54, 1.807) is 12.3 Å². The Kier molecular flexibility index (Phi) is 5.60. The number of allylic oxidation sites excluding steroid dienone is 1. The van der Waals surface area contributed by atoms with E-state index in [0.717, 1.165) is 17.5 Å². The molecule has 0 saturated carbocycles. The molecule has 0 atom stereocenters. The summed E-state index contributed by atoms with van der Waals surface area (Å²) in [4.78, 5) is 16.0. The molecular formula is C18H19N3O. The fraction of sp³-hybridized carbons (Fsp3) is 0.167. The highest BCUT2D eigenvalue weighted by molar-refractivity contribution is 5.98. The fourth-order valence-corrected chi connectivity index (χ4v) is 1.78. The lowest BCUT2D eigenvalue weighted by Crippen LogP contribution is -2.19. The molecule has 0 aliphatic heterocycles. The molecule has 112 valence electrons. The second-order valence-electron chi connectivity index (χ2n) is 4.84. The van der Waals surface area contributed by atoms with E-state index in [0.29, 0.717) is 11.4 Å². The molecule has 4 heteroatoms. The lowest BCUT2D eigenvalue weighted by Gasteiger charge is -2.01. The Morgan fingerprint density at radius 3 is 2.64 bits per heavy atom. The molecule has 1 aromatic heterocycles. The van der Waals surface area contributed by atoms with E-state index in [2.05, 4.69) is 15.5 Å². The van der Waals surface area contributed by atoms with Crippen LogP contribution in [0.25, 0.3) is 6.08 Å². The molecule has 0 saturated heterocycles. The van der Waals surface area contributed by atoms with E-state index >= 15 is 0 Å². The first-order chi connectivity index (χ1) is 10.7. The van der Waals surface area contributed by atoms with Crippen LogP contribution >= 0.6 is 0 Å². The summed E-state index contributed by atoms with van der Waals surface area (Å²) in [6.07, 6.45) is 6.40. The third-order valence-corrected chi connectivity index (χ3v) is 3.12. The topological polar surface area (TPSA) is 54.4 Å². The van der Waals surface area contributed by atoms with E-state index in [1.165, 1.54) is 0 Å². The maximum atomic E-state index is 11.9. The van der Waals surface area contributed by atoms with E-state index in [9.17, 15) is 4.79 Å². The van der Waals surface area contributed by atoms with E-state index in [1.807, 2.05) is 62.4 Å². The van der Waals surface area contributed by atoms with Crippen LogP contribution in [0.5, 0.6) is 0 Å². The van der Waals surface area contributed by atoms with Crippen LogP contribution in [0, 0.1) is 0 Å². The Hall–Kier alpha value is -2.75. The summed E-state index contributed by atoms with van der Waals surface area (Å²) in [5.74, 6) is -0.310. The van der Waals surface area contributed by atoms with Crippen molar-refractivity contribution in [1.82, 2.24) is 10.4 Å². The van der Waals surface area contributed by atoms with Crippen molar-refractivity contribution in [2.24, 2.45) is 5.10 Å².